The number of aromatic amines is 1. The number of hydrogen-bond acceptors (Lipinski definition) is 6. The fourth-order valence-electron chi connectivity index (χ4n) is 2.28. The number of aryl methyl sites for hydroxylation is 1. The van der Waals surface area contributed by atoms with Gasteiger partial charge in [-0.15, -0.1) is 0 Å². The molecule has 1 unspecified atom stereocenters. The van der Waals surface area contributed by atoms with Gasteiger partial charge in [0.1, 0.15) is 11.6 Å². The maximum atomic E-state index is 10.9. The fourth-order valence-corrected chi connectivity index (χ4v) is 2.28. The summed E-state index contributed by atoms with van der Waals surface area (Å²) in [4.78, 5) is 14.6. The molecule has 3 rings (SSSR count). The van der Waals surface area contributed by atoms with E-state index in [0.717, 1.165) is 11.1 Å². The first kappa shape index (κ1) is 15.6. The molecular weight excluding hydrogens is 310 g/mol. The summed E-state index contributed by atoms with van der Waals surface area (Å²) in [6, 6.07) is 10.8. The van der Waals surface area contributed by atoms with E-state index < -0.39 is 11.0 Å². The third-order valence-electron chi connectivity index (χ3n) is 3.67. The van der Waals surface area contributed by atoms with Crippen molar-refractivity contribution in [2.75, 3.05) is 0 Å². The molecule has 24 heavy (non-hydrogen) atoms. The Morgan fingerprint density at radius 2 is 1.96 bits per heavy atom. The van der Waals surface area contributed by atoms with Gasteiger partial charge in [-0.3, -0.25) is 15.2 Å². The first-order valence-electron chi connectivity index (χ1n) is 7.18. The van der Waals surface area contributed by atoms with Gasteiger partial charge in [-0.2, -0.15) is 5.10 Å². The Labute approximate surface area is 137 Å². The highest BCUT2D eigenvalue weighted by molar-refractivity contribution is 5.66. The number of nitrogens with two attached hydrogens (primary N) is 1. The summed E-state index contributed by atoms with van der Waals surface area (Å²) in [5, 5.41) is 27.5. The summed E-state index contributed by atoms with van der Waals surface area (Å²) < 4.78 is 0. The van der Waals surface area contributed by atoms with Crippen molar-refractivity contribution in [1.29, 1.82) is 0 Å². The van der Waals surface area contributed by atoms with Crippen molar-refractivity contribution in [2.45, 2.75) is 13.0 Å². The molecule has 2 aromatic carbocycles. The number of nitrogens with zero attached hydrogens (tertiary/aromatic N) is 3. The molecule has 0 spiro atoms. The van der Waals surface area contributed by atoms with E-state index in [2.05, 4.69) is 15.2 Å². The van der Waals surface area contributed by atoms with Crippen LogP contribution in [-0.4, -0.2) is 25.2 Å². The van der Waals surface area contributed by atoms with E-state index in [1.165, 1.54) is 18.2 Å². The molecule has 0 fully saturated rings. The molecule has 0 radical (unpaired) electrons. The Hall–Kier alpha value is -3.26. The van der Waals surface area contributed by atoms with Crippen molar-refractivity contribution in [1.82, 2.24) is 15.2 Å². The molecule has 1 aromatic heterocycles. The van der Waals surface area contributed by atoms with Crippen molar-refractivity contribution in [3.8, 4) is 17.1 Å². The van der Waals surface area contributed by atoms with Crippen LogP contribution >= 0.6 is 0 Å². The van der Waals surface area contributed by atoms with Gasteiger partial charge in [0.15, 0.2) is 5.82 Å². The van der Waals surface area contributed by atoms with E-state index in [1.807, 2.05) is 31.2 Å². The highest BCUT2D eigenvalue weighted by Gasteiger charge is 2.18. The van der Waals surface area contributed by atoms with Gasteiger partial charge in [-0.1, -0.05) is 29.8 Å². The highest BCUT2D eigenvalue weighted by Crippen LogP contribution is 2.31. The van der Waals surface area contributed by atoms with Crippen molar-refractivity contribution in [2.24, 2.45) is 5.73 Å². The lowest BCUT2D eigenvalue weighted by Crippen LogP contribution is -2.13. The van der Waals surface area contributed by atoms with Gasteiger partial charge in [-0.05, 0) is 18.6 Å². The smallest absolute Gasteiger partial charge is 0.270 e. The van der Waals surface area contributed by atoms with Crippen LogP contribution in [0.2, 0.25) is 0 Å². The van der Waals surface area contributed by atoms with Gasteiger partial charge >= 0.3 is 0 Å². The molecule has 0 aliphatic rings. The van der Waals surface area contributed by atoms with Crippen molar-refractivity contribution < 1.29 is 10.0 Å². The Morgan fingerprint density at radius 3 is 2.62 bits per heavy atom. The number of benzene rings is 2. The minimum atomic E-state index is -0.547. The summed E-state index contributed by atoms with van der Waals surface area (Å²) in [6.45, 7) is 1.98. The number of non-ortho nitro benzene ring substituents is 1. The van der Waals surface area contributed by atoms with Gasteiger partial charge in [0.05, 0.1) is 16.5 Å². The Morgan fingerprint density at radius 1 is 1.25 bits per heavy atom. The van der Waals surface area contributed by atoms with Crippen molar-refractivity contribution >= 4 is 5.69 Å². The Balaban J connectivity index is 1.94. The second-order valence-electron chi connectivity index (χ2n) is 5.39. The van der Waals surface area contributed by atoms with Gasteiger partial charge in [0.2, 0.25) is 0 Å². The Bertz CT molecular complexity index is 889. The monoisotopic (exact) mass is 325 g/mol. The lowest BCUT2D eigenvalue weighted by atomic mass is 10.1. The molecule has 8 nitrogen and oxygen atoms in total. The minimum Gasteiger partial charge on any atom is -0.507 e. The predicted octanol–water partition coefficient (Wildman–Crippen LogP) is 2.44. The maximum Gasteiger partial charge on any atom is 0.270 e. The van der Waals surface area contributed by atoms with Crippen LogP contribution in [0.25, 0.3) is 11.4 Å². The van der Waals surface area contributed by atoms with E-state index in [9.17, 15) is 15.2 Å². The van der Waals surface area contributed by atoms with Gasteiger partial charge in [0, 0.05) is 12.1 Å². The average molecular weight is 325 g/mol. The number of nitrogens with one attached hydrogen (secondary N) is 1. The van der Waals surface area contributed by atoms with Crippen LogP contribution in [0.5, 0.6) is 5.75 Å². The maximum absolute atomic E-state index is 10.9. The van der Waals surface area contributed by atoms with E-state index in [1.54, 1.807) is 0 Å². The minimum absolute atomic E-state index is 0.143. The largest absolute Gasteiger partial charge is 0.507 e. The summed E-state index contributed by atoms with van der Waals surface area (Å²) in [5.74, 6) is 0.406. The van der Waals surface area contributed by atoms with Crippen LogP contribution in [0.1, 0.15) is 23.0 Å². The summed E-state index contributed by atoms with van der Waals surface area (Å²) >= 11 is 0. The van der Waals surface area contributed by atoms with Crippen LogP contribution in [-0.2, 0) is 0 Å². The lowest BCUT2D eigenvalue weighted by molar-refractivity contribution is -0.384. The first-order chi connectivity index (χ1) is 11.5. The average Bonchev–Trinajstić information content (AvgIpc) is 3.05. The first-order valence-corrected chi connectivity index (χ1v) is 7.18. The molecule has 122 valence electrons. The Kier molecular flexibility index (Phi) is 3.97. The second-order valence-corrected chi connectivity index (χ2v) is 5.39. The summed E-state index contributed by atoms with van der Waals surface area (Å²) in [7, 11) is 0. The molecule has 0 aliphatic carbocycles. The molecule has 0 saturated heterocycles. The summed E-state index contributed by atoms with van der Waals surface area (Å²) in [6.07, 6.45) is 0. The molecule has 3 aromatic rings. The molecule has 8 heteroatoms. The topological polar surface area (TPSA) is 131 Å². The van der Waals surface area contributed by atoms with Gasteiger partial charge < -0.3 is 10.8 Å². The summed E-state index contributed by atoms with van der Waals surface area (Å²) in [5.41, 5.74) is 8.15. The predicted molar refractivity (Wildman–Crippen MR) is 87.3 cm³/mol. The van der Waals surface area contributed by atoms with E-state index in [0.29, 0.717) is 5.82 Å². The third kappa shape index (κ3) is 2.95. The van der Waals surface area contributed by atoms with E-state index in [4.69, 9.17) is 5.73 Å². The number of hydrogen-bond donors (Lipinski definition) is 3. The SMILES string of the molecule is Cc1ccc(C(N)c2nc(-c3cc([N+](=O)[O-])ccc3O)n[nH]2)cc1. The number of rotatable bonds is 4. The number of phenols is 1. The van der Waals surface area contributed by atoms with Crippen molar-refractivity contribution in [3.63, 3.8) is 0 Å². The normalized spacial score (nSPS) is 12.1. The highest BCUT2D eigenvalue weighted by atomic mass is 16.6. The second kappa shape index (κ2) is 6.09. The third-order valence-corrected chi connectivity index (χ3v) is 3.67. The standard InChI is InChI=1S/C16H15N5O3/c1-9-2-4-10(5-3-9)14(17)16-18-15(19-20-16)12-8-11(21(23)24)6-7-13(12)22/h2-8,14,22H,17H2,1H3,(H,18,19,20). The van der Waals surface area contributed by atoms with E-state index >= 15 is 0 Å². The number of aromatic nitrogens is 3. The molecule has 0 saturated carbocycles. The van der Waals surface area contributed by atoms with E-state index in [-0.39, 0.29) is 22.8 Å². The molecule has 4 N–H and O–H groups in total. The van der Waals surface area contributed by atoms with Gasteiger partial charge in [-0.25, -0.2) is 4.98 Å². The number of nitro benzene ring substituents is 1. The number of nitro groups is 1. The quantitative estimate of drug-likeness (QED) is 0.499. The zero-order valence-corrected chi connectivity index (χ0v) is 12.8. The fraction of sp³-hybridized carbons (Fsp3) is 0.125. The molecule has 1 atom stereocenters. The molecular formula is C16H15N5O3. The number of H-pyrrole nitrogens is 1. The van der Waals surface area contributed by atoms with Crippen LogP contribution in [0, 0.1) is 17.0 Å². The van der Waals surface area contributed by atoms with Gasteiger partial charge in [0.25, 0.3) is 5.69 Å². The lowest BCUT2D eigenvalue weighted by Gasteiger charge is -2.08. The van der Waals surface area contributed by atoms with Crippen LogP contribution < -0.4 is 5.73 Å². The van der Waals surface area contributed by atoms with Crippen LogP contribution in [0.15, 0.2) is 42.5 Å². The molecule has 0 aliphatic heterocycles. The zero-order chi connectivity index (χ0) is 17.3. The van der Waals surface area contributed by atoms with Crippen LogP contribution in [0.4, 0.5) is 5.69 Å². The number of aromatic hydroxyl groups is 1. The molecule has 0 amide bonds. The zero-order valence-electron chi connectivity index (χ0n) is 12.8. The number of phenolic OH excluding ortho intramolecular Hbond substituents is 1. The molecule has 0 bridgehead atoms. The van der Waals surface area contributed by atoms with Crippen LogP contribution in [0.3, 0.4) is 0 Å². The molecule has 1 heterocycles. The van der Waals surface area contributed by atoms with Crippen molar-refractivity contribution in [3.05, 3.63) is 69.5 Å².